The third-order valence-electron chi connectivity index (χ3n) is 5.64. The lowest BCUT2D eigenvalue weighted by atomic mass is 10.2. The van der Waals surface area contributed by atoms with Gasteiger partial charge in [0.05, 0.1) is 31.9 Å². The van der Waals surface area contributed by atoms with Crippen LogP contribution >= 0.6 is 15.9 Å². The average Bonchev–Trinajstić information content (AvgIpc) is 3.24. The molecule has 3 rings (SSSR count). The van der Waals surface area contributed by atoms with Crippen LogP contribution in [-0.4, -0.2) is 97.0 Å². The van der Waals surface area contributed by atoms with Gasteiger partial charge in [-0.1, -0.05) is 0 Å². The molecule has 9 nitrogen and oxygen atoms in total. The maximum Gasteiger partial charge on any atom is 0.410 e. The van der Waals surface area contributed by atoms with Crippen molar-refractivity contribution in [1.29, 1.82) is 0 Å². The molecule has 10 heteroatoms. The number of aromatic nitrogens is 2. The van der Waals surface area contributed by atoms with Crippen molar-refractivity contribution in [3.05, 3.63) is 10.2 Å². The van der Waals surface area contributed by atoms with Gasteiger partial charge in [-0.15, -0.1) is 0 Å². The van der Waals surface area contributed by atoms with Crippen molar-refractivity contribution in [2.45, 2.75) is 51.8 Å². The number of hydrogen-bond acceptors (Lipinski definition) is 7. The molecule has 2 atom stereocenters. The minimum absolute atomic E-state index is 0.0450. The Bertz CT molecular complexity index is 745. The van der Waals surface area contributed by atoms with E-state index >= 15 is 0 Å². The monoisotopic (exact) mass is 501 g/mol. The molecule has 0 aromatic carbocycles. The second-order valence-electron chi connectivity index (χ2n) is 9.22. The molecule has 3 heterocycles. The van der Waals surface area contributed by atoms with Crippen molar-refractivity contribution in [3.63, 3.8) is 0 Å². The fourth-order valence-corrected chi connectivity index (χ4v) is 4.45. The van der Waals surface area contributed by atoms with E-state index in [1.165, 1.54) is 0 Å². The molecule has 0 aliphatic carbocycles. The fraction of sp³-hybridized carbons (Fsp3) is 0.810. The third kappa shape index (κ3) is 6.34. The highest BCUT2D eigenvalue weighted by Gasteiger charge is 2.39. The van der Waals surface area contributed by atoms with Gasteiger partial charge in [0.25, 0.3) is 0 Å². The predicted molar refractivity (Wildman–Crippen MR) is 123 cm³/mol. The van der Waals surface area contributed by atoms with Crippen LogP contribution in [0.15, 0.2) is 4.60 Å². The van der Waals surface area contributed by atoms with Crippen molar-refractivity contribution < 1.29 is 19.0 Å². The summed E-state index contributed by atoms with van der Waals surface area (Å²) in [7, 11) is 1.66. The van der Waals surface area contributed by atoms with E-state index in [-0.39, 0.29) is 18.2 Å². The summed E-state index contributed by atoms with van der Waals surface area (Å²) in [6.07, 6.45) is 0.459. The Kier molecular flexibility index (Phi) is 8.23. The molecule has 1 amide bonds. The summed E-state index contributed by atoms with van der Waals surface area (Å²) in [6.45, 7) is 14.0. The number of hydrogen-bond donors (Lipinski definition) is 1. The van der Waals surface area contributed by atoms with E-state index in [0.717, 1.165) is 61.8 Å². The van der Waals surface area contributed by atoms with Gasteiger partial charge in [-0.2, -0.15) is 5.10 Å². The number of anilines is 1. The minimum atomic E-state index is -0.537. The third-order valence-corrected chi connectivity index (χ3v) is 6.39. The lowest BCUT2D eigenvalue weighted by molar-refractivity contribution is 0.0145. The van der Waals surface area contributed by atoms with Gasteiger partial charge in [-0.25, -0.2) is 9.48 Å². The largest absolute Gasteiger partial charge is 0.444 e. The molecule has 0 spiro atoms. The summed E-state index contributed by atoms with van der Waals surface area (Å²) >= 11 is 3.58. The first-order valence-corrected chi connectivity index (χ1v) is 11.8. The SMILES string of the molecule is COC[C@H]1C[C@H](n2nc(Br)c(C)c2NCCN2CCOCC2)CN1C(=O)OC(C)(C)C. The first-order valence-electron chi connectivity index (χ1n) is 11.0. The normalized spacial score (nSPS) is 22.7. The van der Waals surface area contributed by atoms with E-state index in [2.05, 4.69) is 33.1 Å². The van der Waals surface area contributed by atoms with Crippen LogP contribution in [0.25, 0.3) is 0 Å². The zero-order valence-corrected chi connectivity index (χ0v) is 20.9. The van der Waals surface area contributed by atoms with Gasteiger partial charge in [0.2, 0.25) is 0 Å². The highest BCUT2D eigenvalue weighted by molar-refractivity contribution is 9.10. The van der Waals surface area contributed by atoms with Crippen LogP contribution in [-0.2, 0) is 14.2 Å². The zero-order valence-electron chi connectivity index (χ0n) is 19.3. The van der Waals surface area contributed by atoms with Gasteiger partial charge in [-0.05, 0) is 50.0 Å². The number of methoxy groups -OCH3 is 1. The Morgan fingerprint density at radius 2 is 2.03 bits per heavy atom. The van der Waals surface area contributed by atoms with E-state index in [1.54, 1.807) is 12.0 Å². The molecule has 0 radical (unpaired) electrons. The van der Waals surface area contributed by atoms with Gasteiger partial charge in [-0.3, -0.25) is 4.90 Å². The zero-order chi connectivity index (χ0) is 22.6. The number of carbonyl (C=O) groups is 1. The molecule has 0 unspecified atom stereocenters. The number of rotatable bonds is 7. The first kappa shape index (κ1) is 24.3. The molecular formula is C21H36BrN5O4. The maximum absolute atomic E-state index is 12.8. The van der Waals surface area contributed by atoms with Crippen LogP contribution in [0.3, 0.4) is 0 Å². The van der Waals surface area contributed by atoms with E-state index in [4.69, 9.17) is 19.3 Å². The number of nitrogens with zero attached hydrogens (tertiary/aromatic N) is 4. The van der Waals surface area contributed by atoms with Crippen LogP contribution in [0.5, 0.6) is 0 Å². The van der Waals surface area contributed by atoms with Crippen LogP contribution < -0.4 is 5.32 Å². The molecule has 1 aromatic heterocycles. The average molecular weight is 502 g/mol. The number of nitrogens with one attached hydrogen (secondary N) is 1. The summed E-state index contributed by atoms with van der Waals surface area (Å²) in [5.41, 5.74) is 0.533. The number of amides is 1. The topological polar surface area (TPSA) is 81.1 Å². The predicted octanol–water partition coefficient (Wildman–Crippen LogP) is 2.90. The number of ether oxygens (including phenoxy) is 3. The Hall–Kier alpha value is -1.36. The second-order valence-corrected chi connectivity index (χ2v) is 9.97. The lowest BCUT2D eigenvalue weighted by Crippen LogP contribution is -2.41. The molecule has 31 heavy (non-hydrogen) atoms. The first-order chi connectivity index (χ1) is 14.7. The van der Waals surface area contributed by atoms with E-state index < -0.39 is 5.60 Å². The van der Waals surface area contributed by atoms with Crippen LogP contribution in [0, 0.1) is 6.92 Å². The number of morpholine rings is 1. The summed E-state index contributed by atoms with van der Waals surface area (Å²) < 4.78 is 19.3. The Morgan fingerprint density at radius 1 is 1.32 bits per heavy atom. The maximum atomic E-state index is 12.8. The molecule has 2 fully saturated rings. The molecule has 2 aliphatic heterocycles. The minimum Gasteiger partial charge on any atom is -0.444 e. The van der Waals surface area contributed by atoms with Crippen molar-refractivity contribution >= 4 is 27.8 Å². The summed E-state index contributed by atoms with van der Waals surface area (Å²) in [4.78, 5) is 17.0. The molecule has 176 valence electrons. The molecule has 2 saturated heterocycles. The number of halogens is 1. The summed E-state index contributed by atoms with van der Waals surface area (Å²) in [5.74, 6) is 0.993. The number of likely N-dealkylation sites (tertiary alicyclic amines) is 1. The highest BCUT2D eigenvalue weighted by atomic mass is 79.9. The van der Waals surface area contributed by atoms with E-state index in [0.29, 0.717) is 13.2 Å². The molecule has 0 saturated carbocycles. The van der Waals surface area contributed by atoms with Gasteiger partial charge < -0.3 is 24.4 Å². The van der Waals surface area contributed by atoms with E-state index in [9.17, 15) is 4.79 Å². The van der Waals surface area contributed by atoms with Crippen LogP contribution in [0.4, 0.5) is 10.6 Å². The summed E-state index contributed by atoms with van der Waals surface area (Å²) in [6, 6.07) is -0.00196. The number of carbonyl (C=O) groups excluding carboxylic acids is 1. The van der Waals surface area contributed by atoms with Crippen molar-refractivity contribution in [2.75, 3.05) is 65.0 Å². The van der Waals surface area contributed by atoms with Gasteiger partial charge in [0.1, 0.15) is 16.0 Å². The van der Waals surface area contributed by atoms with Crippen LogP contribution in [0.1, 0.15) is 38.8 Å². The van der Waals surface area contributed by atoms with E-state index in [1.807, 2.05) is 25.5 Å². The molecule has 0 bridgehead atoms. The van der Waals surface area contributed by atoms with Crippen molar-refractivity contribution in [2.24, 2.45) is 0 Å². The van der Waals surface area contributed by atoms with Gasteiger partial charge in [0, 0.05) is 45.4 Å². The van der Waals surface area contributed by atoms with Gasteiger partial charge in [0.15, 0.2) is 0 Å². The molecular weight excluding hydrogens is 466 g/mol. The molecule has 1 N–H and O–H groups in total. The standard InChI is InChI=1S/C21H36BrN5O4/c1-15-18(22)24-27(19(15)23-6-7-25-8-10-30-11-9-25)16-12-17(14-29-5)26(13-16)20(28)31-21(2,3)4/h16-17,23H,6-14H2,1-5H3/t16-,17+/m0/s1. The molecule has 2 aliphatic rings. The van der Waals surface area contributed by atoms with Crippen molar-refractivity contribution in [1.82, 2.24) is 19.6 Å². The van der Waals surface area contributed by atoms with Gasteiger partial charge >= 0.3 is 6.09 Å². The quantitative estimate of drug-likeness (QED) is 0.614. The Morgan fingerprint density at radius 3 is 2.68 bits per heavy atom. The molecule has 1 aromatic rings. The van der Waals surface area contributed by atoms with Crippen LogP contribution in [0.2, 0.25) is 0 Å². The highest BCUT2D eigenvalue weighted by Crippen LogP contribution is 2.34. The Balaban J connectivity index is 1.70. The Labute approximate surface area is 193 Å². The van der Waals surface area contributed by atoms with Crippen molar-refractivity contribution in [3.8, 4) is 0 Å². The smallest absolute Gasteiger partial charge is 0.410 e. The fourth-order valence-electron chi connectivity index (χ4n) is 4.09. The second kappa shape index (κ2) is 10.5. The summed E-state index contributed by atoms with van der Waals surface area (Å²) in [5, 5.41) is 8.32. The lowest BCUT2D eigenvalue weighted by Gasteiger charge is -2.28.